The molecule has 4 rings (SSSR count). The molecule has 3 atom stereocenters. The van der Waals surface area contributed by atoms with Gasteiger partial charge >= 0.3 is 12.1 Å². The van der Waals surface area contributed by atoms with Crippen LogP contribution in [0.5, 0.6) is 0 Å². The fourth-order valence-electron chi connectivity index (χ4n) is 5.08. The number of thioether (sulfide) groups is 1. The number of carbonyl (C=O) groups is 4. The van der Waals surface area contributed by atoms with Gasteiger partial charge in [0.2, 0.25) is 21.8 Å². The summed E-state index contributed by atoms with van der Waals surface area (Å²) in [5.74, 6) is -0.809. The normalized spacial score (nSPS) is 19.5. The Balaban J connectivity index is 1.39. The van der Waals surface area contributed by atoms with E-state index in [0.717, 1.165) is 5.56 Å². The monoisotopic (exact) mass is 660 g/mol. The molecule has 2 N–H and O–H groups in total. The fraction of sp³-hybridized carbons (Fsp3) is 0.484. The van der Waals surface area contributed by atoms with Gasteiger partial charge in [-0.2, -0.15) is 4.31 Å². The number of ether oxygens (including phenoxy) is 2. The maximum atomic E-state index is 13.4. The molecule has 0 bridgehead atoms. The van der Waals surface area contributed by atoms with Gasteiger partial charge in [-0.3, -0.25) is 14.5 Å². The van der Waals surface area contributed by atoms with Crippen molar-refractivity contribution >= 4 is 51.3 Å². The van der Waals surface area contributed by atoms with Gasteiger partial charge < -0.3 is 20.1 Å². The first-order chi connectivity index (χ1) is 21.2. The maximum Gasteiger partial charge on any atom is 0.411 e. The molecule has 2 aliphatic heterocycles. The molecule has 2 fully saturated rings. The lowest BCUT2D eigenvalue weighted by molar-refractivity contribution is -0.145. The number of anilines is 1. The number of hydrogen-bond donors (Lipinski definition) is 2. The third-order valence-corrected chi connectivity index (χ3v) is 10.3. The van der Waals surface area contributed by atoms with Gasteiger partial charge in [0.05, 0.1) is 17.9 Å². The van der Waals surface area contributed by atoms with E-state index in [-0.39, 0.29) is 23.8 Å². The zero-order valence-electron chi connectivity index (χ0n) is 26.1. The van der Waals surface area contributed by atoms with Gasteiger partial charge in [-0.05, 0) is 70.4 Å². The van der Waals surface area contributed by atoms with Crippen molar-refractivity contribution in [3.05, 3.63) is 59.7 Å². The molecule has 12 nitrogen and oxygen atoms in total. The third kappa shape index (κ3) is 8.56. The fourth-order valence-corrected chi connectivity index (χ4v) is 7.88. The molecular weight excluding hydrogens is 620 g/mol. The highest BCUT2D eigenvalue weighted by atomic mass is 32.2. The molecule has 2 heterocycles. The topological polar surface area (TPSA) is 151 Å². The van der Waals surface area contributed by atoms with Crippen LogP contribution < -0.4 is 10.6 Å². The second kappa shape index (κ2) is 14.2. The number of methoxy groups -OCH3 is 1. The van der Waals surface area contributed by atoms with E-state index in [2.05, 4.69) is 10.6 Å². The molecule has 14 heteroatoms. The van der Waals surface area contributed by atoms with E-state index in [9.17, 15) is 27.6 Å². The van der Waals surface area contributed by atoms with Crippen LogP contribution in [0.25, 0.3) is 0 Å². The molecule has 0 aromatic heterocycles. The number of aryl methyl sites for hydroxylation is 1. The quantitative estimate of drug-likeness (QED) is 0.386. The number of amides is 3. The van der Waals surface area contributed by atoms with E-state index in [0.29, 0.717) is 35.7 Å². The smallest absolute Gasteiger partial charge is 0.411 e. The van der Waals surface area contributed by atoms with Crippen LogP contribution in [0.15, 0.2) is 53.4 Å². The predicted octanol–water partition coefficient (Wildman–Crippen LogP) is 3.30. The van der Waals surface area contributed by atoms with Gasteiger partial charge in [0.15, 0.2) is 0 Å². The summed E-state index contributed by atoms with van der Waals surface area (Å²) in [6, 6.07) is 10.5. The Bertz CT molecular complexity index is 1510. The van der Waals surface area contributed by atoms with Crippen molar-refractivity contribution in [2.75, 3.05) is 30.6 Å². The molecule has 244 valence electrons. The third-order valence-electron chi connectivity index (χ3n) is 7.41. The van der Waals surface area contributed by atoms with E-state index < -0.39 is 51.7 Å². The van der Waals surface area contributed by atoms with Gasteiger partial charge in [-0.1, -0.05) is 29.8 Å². The molecule has 45 heavy (non-hydrogen) atoms. The highest BCUT2D eigenvalue weighted by molar-refractivity contribution is 7.99. The molecule has 0 saturated carbocycles. The van der Waals surface area contributed by atoms with E-state index in [1.807, 2.05) is 6.92 Å². The lowest BCUT2D eigenvalue weighted by Gasteiger charge is -2.27. The van der Waals surface area contributed by atoms with Crippen molar-refractivity contribution in [2.24, 2.45) is 0 Å². The van der Waals surface area contributed by atoms with Gasteiger partial charge in [0.1, 0.15) is 23.7 Å². The summed E-state index contributed by atoms with van der Waals surface area (Å²) in [4.78, 5) is 53.1. The minimum atomic E-state index is -3.92. The van der Waals surface area contributed by atoms with Crippen LogP contribution in [-0.4, -0.2) is 90.5 Å². The van der Waals surface area contributed by atoms with Crippen LogP contribution in [0.2, 0.25) is 0 Å². The van der Waals surface area contributed by atoms with E-state index >= 15 is 0 Å². The number of benzene rings is 2. The van der Waals surface area contributed by atoms with Gasteiger partial charge in [0, 0.05) is 24.4 Å². The molecule has 2 aromatic carbocycles. The standard InChI is InChI=1S/C31H40N4O8S2/c1-20-8-14-23(15-9-20)45(40,41)35-16-6-7-25(35)27(36)33-24(29(38)42-5)17-21-10-12-22(13-11-21)32-28(37)26-18-44-19-34(26)30(39)43-31(2,3)4/h8-15,24-26H,6-7,16-19H2,1-5H3,(H,32,37)(H,33,36)/t24-,25-,26?/m0/s1. The number of sulfonamides is 1. The van der Waals surface area contributed by atoms with Crippen molar-refractivity contribution in [3.8, 4) is 0 Å². The van der Waals surface area contributed by atoms with Crippen LogP contribution in [0.3, 0.4) is 0 Å². The Hall–Kier alpha value is -3.62. The molecule has 1 unspecified atom stereocenters. The maximum absolute atomic E-state index is 13.4. The van der Waals surface area contributed by atoms with Crippen LogP contribution in [-0.2, 0) is 40.3 Å². The minimum Gasteiger partial charge on any atom is -0.467 e. The molecule has 3 amide bonds. The summed E-state index contributed by atoms with van der Waals surface area (Å²) < 4.78 is 38.2. The molecule has 2 saturated heterocycles. The van der Waals surface area contributed by atoms with E-state index in [1.54, 1.807) is 57.2 Å². The summed E-state index contributed by atoms with van der Waals surface area (Å²) in [5, 5.41) is 5.52. The predicted molar refractivity (Wildman–Crippen MR) is 170 cm³/mol. The first kappa shape index (κ1) is 34.3. The SMILES string of the molecule is COC(=O)[C@H](Cc1ccc(NC(=O)C2CSCN2C(=O)OC(C)(C)C)cc1)NC(=O)[C@@H]1CCCN1S(=O)(=O)c1ccc(C)cc1. The summed E-state index contributed by atoms with van der Waals surface area (Å²) >= 11 is 1.46. The first-order valence-electron chi connectivity index (χ1n) is 14.6. The minimum absolute atomic E-state index is 0.0791. The van der Waals surface area contributed by atoms with Crippen LogP contribution in [0, 0.1) is 6.92 Å². The second-order valence-corrected chi connectivity index (χ2v) is 14.9. The Morgan fingerprint density at radius 2 is 1.67 bits per heavy atom. The van der Waals surface area contributed by atoms with Crippen LogP contribution in [0.4, 0.5) is 10.5 Å². The largest absolute Gasteiger partial charge is 0.467 e. The van der Waals surface area contributed by atoms with E-state index in [1.165, 1.54) is 40.2 Å². The van der Waals surface area contributed by atoms with Crippen molar-refractivity contribution in [1.29, 1.82) is 0 Å². The number of rotatable bonds is 9. The molecule has 2 aromatic rings. The number of nitrogens with one attached hydrogen (secondary N) is 2. The lowest BCUT2D eigenvalue weighted by Crippen LogP contribution is -2.51. The van der Waals surface area contributed by atoms with E-state index in [4.69, 9.17) is 9.47 Å². The Morgan fingerprint density at radius 3 is 2.29 bits per heavy atom. The zero-order valence-corrected chi connectivity index (χ0v) is 27.7. The summed E-state index contributed by atoms with van der Waals surface area (Å²) in [5.41, 5.74) is 1.40. The highest BCUT2D eigenvalue weighted by Crippen LogP contribution is 2.27. The van der Waals surface area contributed by atoms with Crippen LogP contribution in [0.1, 0.15) is 44.7 Å². The number of nitrogens with zero attached hydrogens (tertiary/aromatic N) is 2. The van der Waals surface area contributed by atoms with Crippen molar-refractivity contribution in [1.82, 2.24) is 14.5 Å². The summed E-state index contributed by atoms with van der Waals surface area (Å²) in [6.45, 7) is 7.35. The molecule has 0 radical (unpaired) electrons. The molecule has 2 aliphatic rings. The molecule has 0 spiro atoms. The zero-order chi connectivity index (χ0) is 32.9. The van der Waals surface area contributed by atoms with Crippen LogP contribution >= 0.6 is 11.8 Å². The van der Waals surface area contributed by atoms with Gasteiger partial charge in [0.25, 0.3) is 0 Å². The summed E-state index contributed by atoms with van der Waals surface area (Å²) in [6.07, 6.45) is 0.362. The second-order valence-electron chi connectivity index (χ2n) is 12.0. The van der Waals surface area contributed by atoms with Crippen molar-refractivity contribution in [2.45, 2.75) is 75.6 Å². The van der Waals surface area contributed by atoms with Crippen molar-refractivity contribution < 1.29 is 37.1 Å². The average molecular weight is 661 g/mol. The van der Waals surface area contributed by atoms with Crippen molar-refractivity contribution in [3.63, 3.8) is 0 Å². The number of carbonyl (C=O) groups excluding carboxylic acids is 4. The van der Waals surface area contributed by atoms with Gasteiger partial charge in [-0.25, -0.2) is 18.0 Å². The lowest BCUT2D eigenvalue weighted by atomic mass is 10.0. The number of hydrogen-bond acceptors (Lipinski definition) is 9. The van der Waals surface area contributed by atoms with Gasteiger partial charge in [-0.15, -0.1) is 11.8 Å². The average Bonchev–Trinajstić information content (AvgIpc) is 3.68. The Morgan fingerprint density at radius 1 is 1.00 bits per heavy atom. The first-order valence-corrected chi connectivity index (χ1v) is 17.2. The summed E-state index contributed by atoms with van der Waals surface area (Å²) in [7, 11) is -2.70. The Kier molecular flexibility index (Phi) is 10.8. The number of esters is 1. The molecular formula is C31H40N4O8S2. The molecule has 0 aliphatic carbocycles. The highest BCUT2D eigenvalue weighted by Gasteiger charge is 2.41. The Labute approximate surface area is 268 Å².